The molecule has 184 valence electrons. The number of hydrogen-bond acceptors (Lipinski definition) is 3. The average Bonchev–Trinajstić information content (AvgIpc) is 2.86. The van der Waals surface area contributed by atoms with Crippen LogP contribution in [0.3, 0.4) is 0 Å². The third-order valence-electron chi connectivity index (χ3n) is 5.66. The van der Waals surface area contributed by atoms with Crippen molar-refractivity contribution >= 4 is 39.5 Å². The lowest BCUT2D eigenvalue weighted by molar-refractivity contribution is -0.139. The number of thioether (sulfide) groups is 1. The van der Waals surface area contributed by atoms with Crippen LogP contribution in [0.25, 0.3) is 0 Å². The molecule has 2 amide bonds. The van der Waals surface area contributed by atoms with Crippen molar-refractivity contribution in [3.05, 3.63) is 106 Å². The zero-order chi connectivity index (χ0) is 25.0. The molecule has 3 aromatic rings. The molecule has 1 atom stereocenters. The van der Waals surface area contributed by atoms with E-state index >= 15 is 0 Å². The fourth-order valence-electron chi connectivity index (χ4n) is 3.85. The fourth-order valence-corrected chi connectivity index (χ4v) is 4.97. The minimum Gasteiger partial charge on any atom is -0.354 e. The summed E-state index contributed by atoms with van der Waals surface area (Å²) in [5.74, 6) is 0.935. The molecule has 3 aromatic carbocycles. The summed E-state index contributed by atoms with van der Waals surface area (Å²) < 4.78 is 0.981. The van der Waals surface area contributed by atoms with Crippen molar-refractivity contribution in [2.75, 3.05) is 12.3 Å². The summed E-state index contributed by atoms with van der Waals surface area (Å²) in [4.78, 5) is 28.7. The number of nitrogens with zero attached hydrogens (tertiary/aromatic N) is 1. The minimum atomic E-state index is -0.584. The van der Waals surface area contributed by atoms with Crippen molar-refractivity contribution in [3.63, 3.8) is 0 Å². The molecule has 0 aliphatic carbocycles. The van der Waals surface area contributed by atoms with Crippen LogP contribution in [0.15, 0.2) is 83.3 Å². The van der Waals surface area contributed by atoms with Crippen molar-refractivity contribution < 1.29 is 9.59 Å². The fraction of sp³-hybridized carbons (Fsp3) is 0.310. The van der Waals surface area contributed by atoms with Gasteiger partial charge in [-0.3, -0.25) is 9.59 Å². The molecule has 6 heteroatoms. The van der Waals surface area contributed by atoms with Crippen molar-refractivity contribution in [2.45, 2.75) is 45.0 Å². The predicted octanol–water partition coefficient (Wildman–Crippen LogP) is 6.16. The molecule has 0 aliphatic rings. The molecule has 0 spiro atoms. The highest BCUT2D eigenvalue weighted by atomic mass is 79.9. The SMILES string of the molecule is CCCNC(=O)[C@@H](Cc1ccccc1)N(Cc1ccc(Br)cc1)C(=O)CSCc1cccc(C)c1. The van der Waals surface area contributed by atoms with E-state index in [2.05, 4.69) is 46.4 Å². The lowest BCUT2D eigenvalue weighted by atomic mass is 10.0. The molecule has 0 saturated heterocycles. The first-order chi connectivity index (χ1) is 17.0. The van der Waals surface area contributed by atoms with E-state index in [0.717, 1.165) is 27.8 Å². The van der Waals surface area contributed by atoms with Crippen molar-refractivity contribution in [1.29, 1.82) is 0 Å². The van der Waals surface area contributed by atoms with Gasteiger partial charge in [0.15, 0.2) is 0 Å². The zero-order valence-corrected chi connectivity index (χ0v) is 22.8. The maximum absolute atomic E-state index is 13.6. The van der Waals surface area contributed by atoms with E-state index in [4.69, 9.17) is 0 Å². The van der Waals surface area contributed by atoms with Gasteiger partial charge in [0.05, 0.1) is 5.75 Å². The monoisotopic (exact) mass is 552 g/mol. The molecular weight excluding hydrogens is 520 g/mol. The number of hydrogen-bond donors (Lipinski definition) is 1. The van der Waals surface area contributed by atoms with Gasteiger partial charge in [-0.25, -0.2) is 0 Å². The van der Waals surface area contributed by atoms with Crippen LogP contribution in [0, 0.1) is 6.92 Å². The molecule has 0 unspecified atom stereocenters. The first kappa shape index (κ1) is 27.0. The Morgan fingerprint density at radius 2 is 1.66 bits per heavy atom. The van der Waals surface area contributed by atoms with E-state index in [1.165, 1.54) is 11.1 Å². The predicted molar refractivity (Wildman–Crippen MR) is 149 cm³/mol. The molecule has 0 bridgehead atoms. The molecule has 4 nitrogen and oxygen atoms in total. The van der Waals surface area contributed by atoms with Gasteiger partial charge in [0.2, 0.25) is 11.8 Å². The van der Waals surface area contributed by atoms with Crippen LogP contribution in [0.2, 0.25) is 0 Å². The second-order valence-electron chi connectivity index (χ2n) is 8.63. The van der Waals surface area contributed by atoms with Gasteiger partial charge in [-0.2, -0.15) is 0 Å². The van der Waals surface area contributed by atoms with Crippen molar-refractivity contribution in [3.8, 4) is 0 Å². The van der Waals surface area contributed by atoms with Gasteiger partial charge in [0.1, 0.15) is 6.04 Å². The van der Waals surface area contributed by atoms with Crippen LogP contribution in [0.4, 0.5) is 0 Å². The van der Waals surface area contributed by atoms with Gasteiger partial charge in [0.25, 0.3) is 0 Å². The Hall–Kier alpha value is -2.57. The van der Waals surface area contributed by atoms with Crippen LogP contribution in [-0.4, -0.2) is 35.1 Å². The number of nitrogens with one attached hydrogen (secondary N) is 1. The Balaban J connectivity index is 1.82. The Labute approximate surface area is 221 Å². The van der Waals surface area contributed by atoms with Crippen LogP contribution in [0.1, 0.15) is 35.6 Å². The highest BCUT2D eigenvalue weighted by Gasteiger charge is 2.30. The quantitative estimate of drug-likeness (QED) is 0.293. The summed E-state index contributed by atoms with van der Waals surface area (Å²) >= 11 is 5.07. The Morgan fingerprint density at radius 3 is 2.34 bits per heavy atom. The summed E-state index contributed by atoms with van der Waals surface area (Å²) in [6.45, 7) is 5.07. The summed E-state index contributed by atoms with van der Waals surface area (Å²) in [6, 6.07) is 25.6. The van der Waals surface area contributed by atoms with Gasteiger partial charge >= 0.3 is 0 Å². The van der Waals surface area contributed by atoms with Crippen LogP contribution in [0.5, 0.6) is 0 Å². The highest BCUT2D eigenvalue weighted by molar-refractivity contribution is 9.10. The van der Waals surface area contributed by atoms with E-state index in [9.17, 15) is 9.59 Å². The molecule has 0 fully saturated rings. The molecule has 0 radical (unpaired) electrons. The summed E-state index contributed by atoms with van der Waals surface area (Å²) in [7, 11) is 0. The molecule has 1 N–H and O–H groups in total. The second-order valence-corrected chi connectivity index (χ2v) is 10.5. The molecule has 0 saturated carbocycles. The molecule has 3 rings (SSSR count). The zero-order valence-electron chi connectivity index (χ0n) is 20.4. The molecule has 0 aliphatic heterocycles. The molecule has 35 heavy (non-hydrogen) atoms. The number of rotatable bonds is 12. The normalized spacial score (nSPS) is 11.6. The second kappa shape index (κ2) is 14.1. The number of carbonyl (C=O) groups is 2. The third kappa shape index (κ3) is 8.86. The standard InChI is InChI=1S/C29H33BrN2O2S/c1-3-16-31-29(34)27(18-23-9-5-4-6-10-23)32(19-24-12-14-26(30)15-13-24)28(33)21-35-20-25-11-7-8-22(2)17-25/h4-15,17,27H,3,16,18-21H2,1-2H3,(H,31,34)/t27-/m1/s1. The van der Waals surface area contributed by atoms with Crippen LogP contribution >= 0.6 is 27.7 Å². The summed E-state index contributed by atoms with van der Waals surface area (Å²) in [5.41, 5.74) is 4.43. The van der Waals surface area contributed by atoms with E-state index in [-0.39, 0.29) is 11.8 Å². The van der Waals surface area contributed by atoms with Gasteiger partial charge in [0, 0.05) is 29.7 Å². The maximum Gasteiger partial charge on any atom is 0.243 e. The first-order valence-electron chi connectivity index (χ1n) is 11.9. The lowest BCUT2D eigenvalue weighted by Crippen LogP contribution is -2.51. The maximum atomic E-state index is 13.6. The number of halogens is 1. The average molecular weight is 554 g/mol. The number of benzene rings is 3. The summed E-state index contributed by atoms with van der Waals surface area (Å²) in [5, 5.41) is 3.02. The van der Waals surface area contributed by atoms with Crippen molar-refractivity contribution in [2.24, 2.45) is 0 Å². The third-order valence-corrected chi connectivity index (χ3v) is 7.18. The Bertz CT molecular complexity index is 1090. The number of carbonyl (C=O) groups excluding carboxylic acids is 2. The molecule has 0 aromatic heterocycles. The summed E-state index contributed by atoms with van der Waals surface area (Å²) in [6.07, 6.45) is 1.32. The van der Waals surface area contributed by atoms with E-state index < -0.39 is 6.04 Å². The highest BCUT2D eigenvalue weighted by Crippen LogP contribution is 2.20. The van der Waals surface area contributed by atoms with Gasteiger partial charge < -0.3 is 10.2 Å². The van der Waals surface area contributed by atoms with E-state index in [1.54, 1.807) is 16.7 Å². The van der Waals surface area contributed by atoms with E-state index in [0.29, 0.717) is 25.3 Å². The Kier molecular flexibility index (Phi) is 10.9. The lowest BCUT2D eigenvalue weighted by Gasteiger charge is -2.31. The first-order valence-corrected chi connectivity index (χ1v) is 13.9. The van der Waals surface area contributed by atoms with Gasteiger partial charge in [-0.15, -0.1) is 11.8 Å². The van der Waals surface area contributed by atoms with Crippen molar-refractivity contribution in [1.82, 2.24) is 10.2 Å². The largest absolute Gasteiger partial charge is 0.354 e. The Morgan fingerprint density at radius 1 is 0.943 bits per heavy atom. The van der Waals surface area contributed by atoms with Crippen LogP contribution < -0.4 is 5.32 Å². The van der Waals surface area contributed by atoms with Gasteiger partial charge in [-0.1, -0.05) is 95.1 Å². The molecular formula is C29H33BrN2O2S. The smallest absolute Gasteiger partial charge is 0.243 e. The number of aryl methyl sites for hydroxylation is 1. The van der Waals surface area contributed by atoms with Gasteiger partial charge in [-0.05, 0) is 42.2 Å². The minimum absolute atomic E-state index is 0.0295. The number of amides is 2. The molecule has 0 heterocycles. The topological polar surface area (TPSA) is 49.4 Å². The van der Waals surface area contributed by atoms with Crippen LogP contribution in [-0.2, 0) is 28.3 Å². The van der Waals surface area contributed by atoms with E-state index in [1.807, 2.05) is 67.6 Å².